The van der Waals surface area contributed by atoms with Gasteiger partial charge in [-0.25, -0.2) is 9.37 Å². The molecule has 1 heterocycles. The molecule has 1 aliphatic rings. The second-order valence-corrected chi connectivity index (χ2v) is 3.75. The van der Waals surface area contributed by atoms with Crippen LogP contribution in [0.1, 0.15) is 42.0 Å². The van der Waals surface area contributed by atoms with Gasteiger partial charge in [-0.15, -0.1) is 0 Å². The normalized spacial score (nSPS) is 19.6. The van der Waals surface area contributed by atoms with Crippen LogP contribution < -0.4 is 0 Å². The summed E-state index contributed by atoms with van der Waals surface area (Å²) >= 11 is 0. The number of halogens is 1. The molecule has 1 fully saturated rings. The van der Waals surface area contributed by atoms with Crippen molar-refractivity contribution >= 4 is 9.24 Å². The lowest BCUT2D eigenvalue weighted by atomic mass is 10.4. The van der Waals surface area contributed by atoms with Crippen molar-refractivity contribution in [3.05, 3.63) is 17.3 Å². The monoisotopic (exact) mass is 187 g/mol. The molecule has 66 valence electrons. The minimum absolute atomic E-state index is 0.432. The largest absolute Gasteiger partial charge is 0.445 e. The third-order valence-corrected chi connectivity index (χ3v) is 2.35. The Morgan fingerprint density at radius 1 is 1.67 bits per heavy atom. The number of alkyl halides is 1. The minimum atomic E-state index is -1.10. The Morgan fingerprint density at radius 2 is 2.33 bits per heavy atom. The van der Waals surface area contributed by atoms with Crippen LogP contribution in [0.15, 0.2) is 4.42 Å². The highest BCUT2D eigenvalue weighted by Crippen LogP contribution is 2.41. The highest BCUT2D eigenvalue weighted by molar-refractivity contribution is 7.16. The summed E-state index contributed by atoms with van der Waals surface area (Å²) < 4.78 is 18.2. The van der Waals surface area contributed by atoms with Gasteiger partial charge >= 0.3 is 0 Å². The van der Waals surface area contributed by atoms with E-state index in [1.165, 1.54) is 0 Å². The van der Waals surface area contributed by atoms with Gasteiger partial charge in [0.05, 0.1) is 0 Å². The van der Waals surface area contributed by atoms with Crippen molar-refractivity contribution < 1.29 is 8.81 Å². The molecule has 0 amide bonds. The maximum absolute atomic E-state index is 12.8. The van der Waals surface area contributed by atoms with E-state index in [0.29, 0.717) is 23.3 Å². The first-order chi connectivity index (χ1) is 5.68. The van der Waals surface area contributed by atoms with E-state index in [2.05, 4.69) is 14.2 Å². The van der Waals surface area contributed by atoms with Crippen LogP contribution in [-0.4, -0.2) is 4.98 Å². The Morgan fingerprint density at radius 3 is 2.75 bits per heavy atom. The summed E-state index contributed by atoms with van der Waals surface area (Å²) in [6.45, 7) is 1.75. The fourth-order valence-corrected chi connectivity index (χ4v) is 1.50. The van der Waals surface area contributed by atoms with Crippen LogP contribution in [-0.2, 0) is 0 Å². The molecular weight excluding hydrogens is 176 g/mol. The molecule has 0 spiro atoms. The molecular formula is C8H11FNOP. The standard InChI is InChI=1S/C8H11FNOP/c1-4-6(7(9)12)10-8(11-4)5-2-3-5/h5,7H,2-3,12H2,1H3. The van der Waals surface area contributed by atoms with Crippen LogP contribution in [0.3, 0.4) is 0 Å². The first-order valence-corrected chi connectivity index (χ1v) is 4.72. The zero-order chi connectivity index (χ0) is 8.72. The van der Waals surface area contributed by atoms with E-state index in [9.17, 15) is 4.39 Å². The summed E-state index contributed by atoms with van der Waals surface area (Å²) in [6.07, 6.45) is 2.26. The highest BCUT2D eigenvalue weighted by atomic mass is 31.0. The van der Waals surface area contributed by atoms with E-state index < -0.39 is 5.91 Å². The molecule has 1 saturated carbocycles. The number of rotatable bonds is 2. The van der Waals surface area contributed by atoms with Gasteiger partial charge in [-0.1, -0.05) is 9.24 Å². The van der Waals surface area contributed by atoms with Crippen molar-refractivity contribution in [2.45, 2.75) is 31.6 Å². The minimum Gasteiger partial charge on any atom is -0.445 e. The van der Waals surface area contributed by atoms with E-state index in [1.54, 1.807) is 6.92 Å². The molecule has 0 N–H and O–H groups in total. The maximum atomic E-state index is 12.8. The van der Waals surface area contributed by atoms with Crippen molar-refractivity contribution in [3.63, 3.8) is 0 Å². The smallest absolute Gasteiger partial charge is 0.197 e. The Hall–Kier alpha value is -0.430. The average Bonchev–Trinajstić information content (AvgIpc) is 2.75. The predicted octanol–water partition coefficient (Wildman–Crippen LogP) is 2.70. The summed E-state index contributed by atoms with van der Waals surface area (Å²) in [5.41, 5.74) is 0.432. The van der Waals surface area contributed by atoms with Crippen LogP contribution in [0.5, 0.6) is 0 Å². The van der Waals surface area contributed by atoms with Gasteiger partial charge in [0.15, 0.2) is 11.8 Å². The summed E-state index contributed by atoms with van der Waals surface area (Å²) in [5, 5.41) is 0. The van der Waals surface area contributed by atoms with Gasteiger partial charge in [0, 0.05) is 5.92 Å². The quantitative estimate of drug-likeness (QED) is 0.665. The molecule has 1 aliphatic carbocycles. The lowest BCUT2D eigenvalue weighted by molar-refractivity contribution is 0.446. The Kier molecular flexibility index (Phi) is 1.91. The van der Waals surface area contributed by atoms with E-state index >= 15 is 0 Å². The van der Waals surface area contributed by atoms with Gasteiger partial charge in [0.1, 0.15) is 11.5 Å². The molecule has 1 aromatic rings. The van der Waals surface area contributed by atoms with Crippen LogP contribution in [0.25, 0.3) is 0 Å². The second kappa shape index (κ2) is 2.81. The average molecular weight is 187 g/mol. The molecule has 0 aromatic carbocycles. The fourth-order valence-electron chi connectivity index (χ4n) is 1.19. The van der Waals surface area contributed by atoms with Crippen molar-refractivity contribution in [1.29, 1.82) is 0 Å². The first kappa shape index (κ1) is 8.18. The molecule has 4 heteroatoms. The lowest BCUT2D eigenvalue weighted by Gasteiger charge is -1.93. The van der Waals surface area contributed by atoms with E-state index in [-0.39, 0.29) is 0 Å². The third-order valence-electron chi connectivity index (χ3n) is 2.04. The molecule has 0 aliphatic heterocycles. The molecule has 1 aromatic heterocycles. The summed E-state index contributed by atoms with van der Waals surface area (Å²) in [5.74, 6) is 0.689. The maximum Gasteiger partial charge on any atom is 0.197 e. The summed E-state index contributed by atoms with van der Waals surface area (Å²) in [6, 6.07) is 0. The molecule has 0 bridgehead atoms. The van der Waals surface area contributed by atoms with Crippen molar-refractivity contribution in [3.8, 4) is 0 Å². The lowest BCUT2D eigenvalue weighted by Crippen LogP contribution is -1.85. The second-order valence-electron chi connectivity index (χ2n) is 3.17. The molecule has 2 atom stereocenters. The number of aromatic nitrogens is 1. The van der Waals surface area contributed by atoms with E-state index in [4.69, 9.17) is 4.42 Å². The van der Waals surface area contributed by atoms with E-state index in [1.807, 2.05) is 0 Å². The van der Waals surface area contributed by atoms with Crippen molar-refractivity contribution in [1.82, 2.24) is 4.98 Å². The number of aryl methyl sites for hydroxylation is 1. The van der Waals surface area contributed by atoms with Crippen LogP contribution in [0.4, 0.5) is 4.39 Å². The zero-order valence-corrected chi connectivity index (χ0v) is 8.03. The predicted molar refractivity (Wildman–Crippen MR) is 46.8 cm³/mol. The molecule has 0 saturated heterocycles. The van der Waals surface area contributed by atoms with Crippen molar-refractivity contribution in [2.24, 2.45) is 0 Å². The van der Waals surface area contributed by atoms with Gasteiger partial charge in [0.2, 0.25) is 0 Å². The Labute approximate surface area is 72.8 Å². The summed E-state index contributed by atoms with van der Waals surface area (Å²) in [7, 11) is 2.08. The number of nitrogens with zero attached hydrogens (tertiary/aromatic N) is 1. The molecule has 2 unspecified atom stereocenters. The molecule has 2 rings (SSSR count). The van der Waals surface area contributed by atoms with Gasteiger partial charge in [-0.2, -0.15) is 0 Å². The van der Waals surface area contributed by atoms with Gasteiger partial charge in [-0.3, -0.25) is 0 Å². The summed E-state index contributed by atoms with van der Waals surface area (Å²) in [4.78, 5) is 4.11. The van der Waals surface area contributed by atoms with Crippen LogP contribution >= 0.6 is 9.24 Å². The van der Waals surface area contributed by atoms with Gasteiger partial charge in [0.25, 0.3) is 0 Å². The number of oxazole rings is 1. The molecule has 12 heavy (non-hydrogen) atoms. The van der Waals surface area contributed by atoms with Crippen LogP contribution in [0, 0.1) is 6.92 Å². The van der Waals surface area contributed by atoms with Gasteiger partial charge in [-0.05, 0) is 19.8 Å². The topological polar surface area (TPSA) is 26.0 Å². The first-order valence-electron chi connectivity index (χ1n) is 4.05. The van der Waals surface area contributed by atoms with Gasteiger partial charge < -0.3 is 4.42 Å². The van der Waals surface area contributed by atoms with Crippen molar-refractivity contribution in [2.75, 3.05) is 0 Å². The molecule has 0 radical (unpaired) electrons. The Balaban J connectivity index is 2.30. The number of hydrogen-bond acceptors (Lipinski definition) is 2. The number of hydrogen-bond donors (Lipinski definition) is 0. The Bertz CT molecular complexity index is 293. The third kappa shape index (κ3) is 1.38. The van der Waals surface area contributed by atoms with E-state index in [0.717, 1.165) is 12.8 Å². The zero-order valence-electron chi connectivity index (χ0n) is 6.88. The highest BCUT2D eigenvalue weighted by Gasteiger charge is 2.30. The SMILES string of the molecule is Cc1oc(C2CC2)nc1C(F)P. The molecule has 2 nitrogen and oxygen atoms in total. The fraction of sp³-hybridized carbons (Fsp3) is 0.625. The van der Waals surface area contributed by atoms with Crippen LogP contribution in [0.2, 0.25) is 0 Å².